The van der Waals surface area contributed by atoms with Crippen molar-refractivity contribution in [3.05, 3.63) is 53.9 Å². The second kappa shape index (κ2) is 8.15. The predicted molar refractivity (Wildman–Crippen MR) is 105 cm³/mol. The number of nitrogens with one attached hydrogen (secondary N) is 2. The summed E-state index contributed by atoms with van der Waals surface area (Å²) in [6.45, 7) is 11.8. The maximum Gasteiger partial charge on any atom is 0.274 e. The van der Waals surface area contributed by atoms with E-state index in [1.54, 1.807) is 12.3 Å². The predicted octanol–water partition coefficient (Wildman–Crippen LogP) is 5.09. The molecule has 0 saturated carbocycles. The van der Waals surface area contributed by atoms with Crippen molar-refractivity contribution in [2.45, 2.75) is 46.5 Å². The largest absolute Gasteiger partial charge is 0.384 e. The van der Waals surface area contributed by atoms with Crippen LogP contribution in [0.4, 0.5) is 11.4 Å². The molecule has 1 aromatic carbocycles. The summed E-state index contributed by atoms with van der Waals surface area (Å²) in [7, 11) is 0. The maximum absolute atomic E-state index is 12.3. The minimum atomic E-state index is -0.197. The summed E-state index contributed by atoms with van der Waals surface area (Å²) >= 11 is 0. The Balaban J connectivity index is 1.94. The molecule has 0 bridgehead atoms. The molecule has 0 fully saturated rings. The van der Waals surface area contributed by atoms with Gasteiger partial charge in [-0.1, -0.05) is 46.8 Å². The Morgan fingerprint density at radius 1 is 1.04 bits per heavy atom. The molecule has 0 saturated heterocycles. The van der Waals surface area contributed by atoms with E-state index >= 15 is 0 Å². The van der Waals surface area contributed by atoms with Crippen molar-refractivity contribution in [2.75, 3.05) is 17.2 Å². The zero-order chi connectivity index (χ0) is 18.4. The fraction of sp³-hybridized carbons (Fsp3) is 0.429. The van der Waals surface area contributed by atoms with Crippen LogP contribution in [0.15, 0.2) is 42.6 Å². The number of rotatable bonds is 6. The summed E-state index contributed by atoms with van der Waals surface area (Å²) < 4.78 is 0. The van der Waals surface area contributed by atoms with E-state index < -0.39 is 0 Å². The summed E-state index contributed by atoms with van der Waals surface area (Å²) in [5, 5.41) is 6.21. The fourth-order valence-corrected chi connectivity index (χ4v) is 2.39. The van der Waals surface area contributed by atoms with E-state index in [4.69, 9.17) is 0 Å². The first-order valence-electron chi connectivity index (χ1n) is 8.87. The standard InChI is InChI=1S/C21H29N3O/c1-15(2)12-13-22-18-10-11-19(23-14-18)20(25)24-17-8-6-16(7-9-17)21(3,4)5/h6-11,14-15,22H,12-13H2,1-5H3,(H,24,25). The van der Waals surface area contributed by atoms with Crippen LogP contribution in [0.3, 0.4) is 0 Å². The molecule has 2 rings (SSSR count). The van der Waals surface area contributed by atoms with Gasteiger partial charge in [0.25, 0.3) is 5.91 Å². The van der Waals surface area contributed by atoms with Crippen molar-refractivity contribution in [2.24, 2.45) is 5.92 Å². The van der Waals surface area contributed by atoms with Crippen LogP contribution in [-0.4, -0.2) is 17.4 Å². The van der Waals surface area contributed by atoms with Crippen molar-refractivity contribution in [3.8, 4) is 0 Å². The van der Waals surface area contributed by atoms with Gasteiger partial charge in [-0.3, -0.25) is 4.79 Å². The zero-order valence-electron chi connectivity index (χ0n) is 15.9. The molecule has 1 heterocycles. The first-order valence-corrected chi connectivity index (χ1v) is 8.87. The highest BCUT2D eigenvalue weighted by Crippen LogP contribution is 2.23. The molecule has 1 amide bonds. The topological polar surface area (TPSA) is 54.0 Å². The molecule has 2 aromatic rings. The molecule has 25 heavy (non-hydrogen) atoms. The summed E-state index contributed by atoms with van der Waals surface area (Å²) in [6.07, 6.45) is 2.81. The minimum Gasteiger partial charge on any atom is -0.384 e. The molecule has 0 atom stereocenters. The zero-order valence-corrected chi connectivity index (χ0v) is 15.9. The Kier molecular flexibility index (Phi) is 6.18. The number of carbonyl (C=O) groups excluding carboxylic acids is 1. The molecule has 4 nitrogen and oxygen atoms in total. The van der Waals surface area contributed by atoms with E-state index in [0.717, 1.165) is 24.3 Å². The maximum atomic E-state index is 12.3. The van der Waals surface area contributed by atoms with Gasteiger partial charge in [-0.15, -0.1) is 0 Å². The van der Waals surface area contributed by atoms with Crippen LogP contribution in [0.25, 0.3) is 0 Å². The highest BCUT2D eigenvalue weighted by Gasteiger charge is 2.13. The lowest BCUT2D eigenvalue weighted by molar-refractivity contribution is 0.102. The number of aromatic nitrogens is 1. The van der Waals surface area contributed by atoms with Gasteiger partial charge in [-0.05, 0) is 47.6 Å². The van der Waals surface area contributed by atoms with Crippen LogP contribution < -0.4 is 10.6 Å². The van der Waals surface area contributed by atoms with Crippen molar-refractivity contribution < 1.29 is 4.79 Å². The fourth-order valence-electron chi connectivity index (χ4n) is 2.39. The van der Waals surface area contributed by atoms with E-state index in [9.17, 15) is 4.79 Å². The number of hydrogen-bond acceptors (Lipinski definition) is 3. The average Bonchev–Trinajstić information content (AvgIpc) is 2.55. The molecular formula is C21H29N3O. The number of nitrogens with zero attached hydrogens (tertiary/aromatic N) is 1. The third-order valence-electron chi connectivity index (χ3n) is 4.06. The molecule has 134 valence electrons. The van der Waals surface area contributed by atoms with Gasteiger partial charge in [0.05, 0.1) is 11.9 Å². The number of carbonyl (C=O) groups is 1. The van der Waals surface area contributed by atoms with Crippen LogP contribution in [0, 0.1) is 5.92 Å². The first kappa shape index (κ1) is 19.0. The van der Waals surface area contributed by atoms with E-state index in [2.05, 4.69) is 50.2 Å². The van der Waals surface area contributed by atoms with Gasteiger partial charge in [-0.25, -0.2) is 4.98 Å². The van der Waals surface area contributed by atoms with Crippen LogP contribution in [0.1, 0.15) is 57.1 Å². The molecule has 0 aliphatic rings. The van der Waals surface area contributed by atoms with E-state index in [1.165, 1.54) is 5.56 Å². The monoisotopic (exact) mass is 339 g/mol. The number of benzene rings is 1. The number of hydrogen-bond donors (Lipinski definition) is 2. The minimum absolute atomic E-state index is 0.0997. The van der Waals surface area contributed by atoms with E-state index in [0.29, 0.717) is 11.6 Å². The van der Waals surface area contributed by atoms with E-state index in [-0.39, 0.29) is 11.3 Å². The van der Waals surface area contributed by atoms with Crippen LogP contribution in [0.2, 0.25) is 0 Å². The smallest absolute Gasteiger partial charge is 0.274 e. The molecule has 2 N–H and O–H groups in total. The van der Waals surface area contributed by atoms with Crippen LogP contribution >= 0.6 is 0 Å². The SMILES string of the molecule is CC(C)CCNc1ccc(C(=O)Nc2ccc(C(C)(C)C)cc2)nc1. The van der Waals surface area contributed by atoms with Gasteiger partial charge in [0.2, 0.25) is 0 Å². The van der Waals surface area contributed by atoms with Gasteiger partial charge in [0, 0.05) is 12.2 Å². The number of anilines is 2. The van der Waals surface area contributed by atoms with Crippen molar-refractivity contribution in [1.82, 2.24) is 4.98 Å². The highest BCUT2D eigenvalue weighted by atomic mass is 16.1. The summed E-state index contributed by atoms with van der Waals surface area (Å²) in [5.74, 6) is 0.465. The van der Waals surface area contributed by atoms with Gasteiger partial charge in [-0.2, -0.15) is 0 Å². The molecule has 4 heteroatoms. The quantitative estimate of drug-likeness (QED) is 0.771. The van der Waals surface area contributed by atoms with Gasteiger partial charge < -0.3 is 10.6 Å². The van der Waals surface area contributed by atoms with Crippen molar-refractivity contribution >= 4 is 17.3 Å². The molecule has 0 radical (unpaired) electrons. The molecule has 1 aromatic heterocycles. The average molecular weight is 339 g/mol. The number of amides is 1. The molecule has 0 aliphatic heterocycles. The van der Waals surface area contributed by atoms with Gasteiger partial charge in [0.1, 0.15) is 5.69 Å². The second-order valence-electron chi connectivity index (χ2n) is 7.82. The molecule has 0 unspecified atom stereocenters. The summed E-state index contributed by atoms with van der Waals surface area (Å²) in [5.41, 5.74) is 3.46. The Hall–Kier alpha value is -2.36. The molecular weight excluding hydrogens is 310 g/mol. The lowest BCUT2D eigenvalue weighted by atomic mass is 9.87. The Morgan fingerprint density at radius 2 is 1.68 bits per heavy atom. The second-order valence-corrected chi connectivity index (χ2v) is 7.82. The molecule has 0 aliphatic carbocycles. The highest BCUT2D eigenvalue weighted by molar-refractivity contribution is 6.02. The third kappa shape index (κ3) is 5.89. The van der Waals surface area contributed by atoms with Gasteiger partial charge in [0.15, 0.2) is 0 Å². The Morgan fingerprint density at radius 3 is 2.20 bits per heavy atom. The normalized spacial score (nSPS) is 11.4. The third-order valence-corrected chi connectivity index (χ3v) is 4.06. The first-order chi connectivity index (χ1) is 11.8. The number of pyridine rings is 1. The van der Waals surface area contributed by atoms with Crippen molar-refractivity contribution in [3.63, 3.8) is 0 Å². The van der Waals surface area contributed by atoms with Crippen LogP contribution in [-0.2, 0) is 5.41 Å². The summed E-state index contributed by atoms with van der Waals surface area (Å²) in [6, 6.07) is 11.6. The van der Waals surface area contributed by atoms with Crippen molar-refractivity contribution in [1.29, 1.82) is 0 Å². The lowest BCUT2D eigenvalue weighted by Gasteiger charge is -2.19. The molecule has 0 spiro atoms. The van der Waals surface area contributed by atoms with E-state index in [1.807, 2.05) is 30.3 Å². The lowest BCUT2D eigenvalue weighted by Crippen LogP contribution is -2.15. The summed E-state index contributed by atoms with van der Waals surface area (Å²) in [4.78, 5) is 16.6. The Bertz CT molecular complexity index is 683. The van der Waals surface area contributed by atoms with Gasteiger partial charge >= 0.3 is 0 Å². The Labute approximate surface area is 151 Å². The van der Waals surface area contributed by atoms with Crippen LogP contribution in [0.5, 0.6) is 0 Å².